The van der Waals surface area contributed by atoms with Crippen molar-refractivity contribution in [2.75, 3.05) is 12.0 Å². The lowest BCUT2D eigenvalue weighted by Gasteiger charge is -2.47. The maximum atomic E-state index is 13.4. The predicted molar refractivity (Wildman–Crippen MR) is 108 cm³/mol. The number of amides is 1. The Morgan fingerprint density at radius 3 is 2.32 bits per heavy atom. The first-order valence-electron chi connectivity index (χ1n) is 9.50. The van der Waals surface area contributed by atoms with Gasteiger partial charge in [-0.25, -0.2) is 4.79 Å². The predicted octanol–water partition coefficient (Wildman–Crippen LogP) is 4.83. The number of benzene rings is 2. The lowest BCUT2D eigenvalue weighted by molar-refractivity contribution is -0.142. The number of nitrogens with zero attached hydrogens (tertiary/aromatic N) is 1. The monoisotopic (exact) mass is 381 g/mol. The molecule has 0 bridgehead atoms. The van der Waals surface area contributed by atoms with Crippen LogP contribution in [0.3, 0.4) is 0 Å². The van der Waals surface area contributed by atoms with Crippen molar-refractivity contribution in [1.82, 2.24) is 0 Å². The summed E-state index contributed by atoms with van der Waals surface area (Å²) >= 11 is 0. The van der Waals surface area contributed by atoms with Crippen molar-refractivity contribution in [3.8, 4) is 0 Å². The van der Waals surface area contributed by atoms with E-state index in [2.05, 4.69) is 0 Å². The molecule has 1 heterocycles. The third-order valence-corrected chi connectivity index (χ3v) is 5.02. The fourth-order valence-corrected chi connectivity index (χ4v) is 3.81. The minimum Gasteiger partial charge on any atom is -0.469 e. The molecule has 0 radical (unpaired) electrons. The van der Waals surface area contributed by atoms with Gasteiger partial charge in [-0.3, -0.25) is 9.69 Å². The topological polar surface area (TPSA) is 55.8 Å². The van der Waals surface area contributed by atoms with Crippen LogP contribution in [0.2, 0.25) is 0 Å². The van der Waals surface area contributed by atoms with Crippen LogP contribution < -0.4 is 4.90 Å². The number of rotatable bonds is 3. The van der Waals surface area contributed by atoms with Crippen LogP contribution in [0, 0.1) is 0 Å². The van der Waals surface area contributed by atoms with E-state index in [9.17, 15) is 9.59 Å². The summed E-state index contributed by atoms with van der Waals surface area (Å²) in [6.45, 7) is 5.52. The van der Waals surface area contributed by atoms with Crippen LogP contribution in [0.5, 0.6) is 0 Å². The Labute approximate surface area is 166 Å². The van der Waals surface area contributed by atoms with Crippen molar-refractivity contribution in [2.45, 2.75) is 51.2 Å². The number of aryl methyl sites for hydroxylation is 1. The highest BCUT2D eigenvalue weighted by atomic mass is 16.6. The van der Waals surface area contributed by atoms with E-state index >= 15 is 0 Å². The molecular formula is C23H27NO4. The fourth-order valence-electron chi connectivity index (χ4n) is 3.81. The third-order valence-electron chi connectivity index (χ3n) is 5.02. The van der Waals surface area contributed by atoms with Gasteiger partial charge in [-0.05, 0) is 50.8 Å². The highest BCUT2D eigenvalue weighted by Gasteiger charge is 2.48. The van der Waals surface area contributed by atoms with Gasteiger partial charge in [0, 0.05) is 0 Å². The third kappa shape index (κ3) is 3.88. The molecule has 1 aliphatic heterocycles. The number of fused-ring (bicyclic) bond motifs is 1. The number of hydrogen-bond donors (Lipinski definition) is 0. The molecule has 0 spiro atoms. The average molecular weight is 381 g/mol. The summed E-state index contributed by atoms with van der Waals surface area (Å²) in [6, 6.07) is 17.4. The molecule has 0 saturated heterocycles. The molecule has 0 saturated carbocycles. The normalized spacial score (nSPS) is 18.9. The Bertz CT molecular complexity index is 856. The van der Waals surface area contributed by atoms with Crippen LogP contribution in [0.25, 0.3) is 0 Å². The Morgan fingerprint density at radius 2 is 1.68 bits per heavy atom. The summed E-state index contributed by atoms with van der Waals surface area (Å²) in [6.07, 6.45) is 0.942. The van der Waals surface area contributed by atoms with E-state index in [0.29, 0.717) is 6.42 Å². The number of ether oxygens (including phenoxy) is 2. The second-order valence-corrected chi connectivity index (χ2v) is 8.09. The van der Waals surface area contributed by atoms with Crippen LogP contribution in [0.1, 0.15) is 44.7 Å². The van der Waals surface area contributed by atoms with Gasteiger partial charge in [-0.1, -0.05) is 48.5 Å². The van der Waals surface area contributed by atoms with Gasteiger partial charge < -0.3 is 9.47 Å². The van der Waals surface area contributed by atoms with Crippen molar-refractivity contribution >= 4 is 17.7 Å². The maximum Gasteiger partial charge on any atom is 0.415 e. The first-order valence-corrected chi connectivity index (χ1v) is 9.50. The molecule has 3 rings (SSSR count). The molecule has 5 nitrogen and oxygen atoms in total. The molecule has 2 aromatic carbocycles. The zero-order valence-corrected chi connectivity index (χ0v) is 16.9. The zero-order valence-electron chi connectivity index (χ0n) is 16.9. The van der Waals surface area contributed by atoms with Crippen molar-refractivity contribution in [2.24, 2.45) is 0 Å². The molecule has 0 aromatic heterocycles. The summed E-state index contributed by atoms with van der Waals surface area (Å²) in [5.74, 6) is -0.364. The Morgan fingerprint density at radius 1 is 1.04 bits per heavy atom. The quantitative estimate of drug-likeness (QED) is 0.715. The van der Waals surface area contributed by atoms with Gasteiger partial charge in [0.05, 0.1) is 24.8 Å². The second-order valence-electron chi connectivity index (χ2n) is 8.09. The van der Waals surface area contributed by atoms with E-state index in [4.69, 9.17) is 9.47 Å². The van der Waals surface area contributed by atoms with Gasteiger partial charge in [0.2, 0.25) is 0 Å². The summed E-state index contributed by atoms with van der Waals surface area (Å²) in [7, 11) is 1.37. The Kier molecular flexibility index (Phi) is 5.45. The van der Waals surface area contributed by atoms with Crippen molar-refractivity contribution < 1.29 is 19.1 Å². The molecule has 2 aromatic rings. The van der Waals surface area contributed by atoms with Crippen LogP contribution in [-0.4, -0.2) is 24.8 Å². The van der Waals surface area contributed by atoms with Gasteiger partial charge in [0.25, 0.3) is 0 Å². The highest BCUT2D eigenvalue weighted by Crippen LogP contribution is 2.46. The van der Waals surface area contributed by atoms with Gasteiger partial charge in [0.1, 0.15) is 5.60 Å². The molecule has 28 heavy (non-hydrogen) atoms. The van der Waals surface area contributed by atoms with E-state index < -0.39 is 17.2 Å². The zero-order chi connectivity index (χ0) is 20.4. The fraction of sp³-hybridized carbons (Fsp3) is 0.391. The molecule has 0 fully saturated rings. The number of anilines is 1. The summed E-state index contributed by atoms with van der Waals surface area (Å²) in [5.41, 5.74) is 1.20. The Hall–Kier alpha value is -2.82. The molecule has 0 aliphatic carbocycles. The minimum absolute atomic E-state index is 0.0566. The molecule has 1 aliphatic rings. The molecular weight excluding hydrogens is 354 g/mol. The summed E-state index contributed by atoms with van der Waals surface area (Å²) < 4.78 is 10.8. The molecule has 1 amide bonds. The van der Waals surface area contributed by atoms with Crippen molar-refractivity contribution in [1.29, 1.82) is 0 Å². The van der Waals surface area contributed by atoms with Crippen molar-refractivity contribution in [3.63, 3.8) is 0 Å². The lowest BCUT2D eigenvalue weighted by Crippen LogP contribution is -2.55. The minimum atomic E-state index is -0.870. The largest absolute Gasteiger partial charge is 0.469 e. The van der Waals surface area contributed by atoms with Crippen LogP contribution in [-0.2, 0) is 26.2 Å². The highest BCUT2D eigenvalue weighted by molar-refractivity contribution is 5.93. The molecule has 148 valence electrons. The number of esters is 1. The van der Waals surface area contributed by atoms with E-state index in [0.717, 1.165) is 23.2 Å². The number of carbonyl (C=O) groups excluding carboxylic acids is 2. The summed E-state index contributed by atoms with van der Waals surface area (Å²) in [5, 5.41) is 0. The second kappa shape index (κ2) is 7.66. The SMILES string of the molecule is COC(=O)C[C@@]1(c2ccccc2)CCc2ccccc2N1C(=O)OC(C)(C)C. The number of para-hydroxylation sites is 1. The molecule has 0 unspecified atom stereocenters. The van der Waals surface area contributed by atoms with E-state index in [1.807, 2.05) is 75.4 Å². The van der Waals surface area contributed by atoms with E-state index in [1.165, 1.54) is 7.11 Å². The maximum absolute atomic E-state index is 13.4. The van der Waals surface area contributed by atoms with E-state index in [-0.39, 0.29) is 12.4 Å². The molecule has 0 N–H and O–H groups in total. The molecule has 1 atom stereocenters. The first-order chi connectivity index (χ1) is 13.3. The average Bonchev–Trinajstić information content (AvgIpc) is 2.66. The lowest BCUT2D eigenvalue weighted by atomic mass is 9.76. The smallest absolute Gasteiger partial charge is 0.415 e. The number of carbonyl (C=O) groups is 2. The first kappa shape index (κ1) is 19.9. The van der Waals surface area contributed by atoms with Crippen LogP contribution >= 0.6 is 0 Å². The van der Waals surface area contributed by atoms with E-state index in [1.54, 1.807) is 4.90 Å². The standard InChI is InChI=1S/C23H27NO4/c1-22(2,3)28-21(26)24-19-13-9-8-10-17(19)14-15-23(24,16-20(25)27-4)18-11-6-5-7-12-18/h5-13H,14-16H2,1-4H3/t23-/m1/s1. The molecule has 5 heteroatoms. The van der Waals surface area contributed by atoms with Gasteiger partial charge >= 0.3 is 12.1 Å². The van der Waals surface area contributed by atoms with Crippen LogP contribution in [0.15, 0.2) is 54.6 Å². The van der Waals surface area contributed by atoms with Gasteiger partial charge in [-0.15, -0.1) is 0 Å². The van der Waals surface area contributed by atoms with Crippen LogP contribution in [0.4, 0.5) is 10.5 Å². The van der Waals surface area contributed by atoms with Gasteiger partial charge in [-0.2, -0.15) is 0 Å². The summed E-state index contributed by atoms with van der Waals surface area (Å²) in [4.78, 5) is 27.5. The Balaban J connectivity index is 2.20. The number of methoxy groups -OCH3 is 1. The van der Waals surface area contributed by atoms with Gasteiger partial charge in [0.15, 0.2) is 0 Å². The van der Waals surface area contributed by atoms with Crippen molar-refractivity contribution in [3.05, 3.63) is 65.7 Å². The number of hydrogen-bond acceptors (Lipinski definition) is 4.